The Labute approximate surface area is 197 Å². The third-order valence-electron chi connectivity index (χ3n) is 4.49. The minimum Gasteiger partial charge on any atom is -0.354 e. The lowest BCUT2D eigenvalue weighted by molar-refractivity contribution is -0.138. The molecule has 0 saturated carbocycles. The topological polar surface area (TPSA) is 49.4 Å². The molecule has 0 radical (unpaired) electrons. The minimum absolute atomic E-state index is 0.128. The molecule has 0 aliphatic carbocycles. The number of rotatable bonds is 10. The molecule has 162 valence electrons. The van der Waals surface area contributed by atoms with Crippen molar-refractivity contribution < 1.29 is 9.59 Å². The maximum atomic E-state index is 13.0. The van der Waals surface area contributed by atoms with E-state index in [1.807, 2.05) is 37.3 Å². The van der Waals surface area contributed by atoms with Crippen LogP contribution in [-0.2, 0) is 21.9 Å². The van der Waals surface area contributed by atoms with Gasteiger partial charge in [0.2, 0.25) is 11.8 Å². The summed E-state index contributed by atoms with van der Waals surface area (Å²) in [5.41, 5.74) is 1.78. The van der Waals surface area contributed by atoms with E-state index < -0.39 is 6.04 Å². The quantitative estimate of drug-likeness (QED) is 0.459. The molecule has 0 aliphatic heterocycles. The van der Waals surface area contributed by atoms with E-state index in [2.05, 4.69) is 5.32 Å². The van der Waals surface area contributed by atoms with E-state index >= 15 is 0 Å². The highest BCUT2D eigenvalue weighted by Crippen LogP contribution is 2.25. The Balaban J connectivity index is 2.10. The van der Waals surface area contributed by atoms with E-state index in [1.54, 1.807) is 24.0 Å². The van der Waals surface area contributed by atoms with Crippen LogP contribution in [0, 0.1) is 0 Å². The van der Waals surface area contributed by atoms with Crippen LogP contribution in [0.4, 0.5) is 0 Å². The predicted octanol–water partition coefficient (Wildman–Crippen LogP) is 5.82. The Morgan fingerprint density at radius 3 is 2.47 bits per heavy atom. The minimum atomic E-state index is -0.612. The first-order chi connectivity index (χ1) is 14.3. The number of hydrogen-bond acceptors (Lipinski definition) is 3. The zero-order valence-electron chi connectivity index (χ0n) is 17.0. The summed E-state index contributed by atoms with van der Waals surface area (Å²) < 4.78 is 0. The van der Waals surface area contributed by atoms with Crippen molar-refractivity contribution in [3.05, 3.63) is 68.7 Å². The number of halogens is 3. The third-order valence-corrected chi connectivity index (χ3v) is 6.57. The molecule has 2 aromatic carbocycles. The van der Waals surface area contributed by atoms with Gasteiger partial charge in [-0.15, -0.1) is 11.8 Å². The van der Waals surface area contributed by atoms with Crippen molar-refractivity contribution in [2.24, 2.45) is 0 Å². The highest BCUT2D eigenvalue weighted by Gasteiger charge is 2.26. The number of carbonyl (C=O) groups excluding carboxylic acids is 2. The second kappa shape index (κ2) is 12.5. The smallest absolute Gasteiger partial charge is 0.242 e. The van der Waals surface area contributed by atoms with Crippen molar-refractivity contribution in [3.8, 4) is 0 Å². The van der Waals surface area contributed by atoms with Crippen molar-refractivity contribution in [3.63, 3.8) is 0 Å². The molecule has 0 unspecified atom stereocenters. The lowest BCUT2D eigenvalue weighted by Crippen LogP contribution is -2.48. The Hall–Kier alpha value is -1.40. The summed E-state index contributed by atoms with van der Waals surface area (Å²) in [5.74, 6) is 0.541. The van der Waals surface area contributed by atoms with Crippen LogP contribution in [0.2, 0.25) is 15.1 Å². The van der Waals surface area contributed by atoms with E-state index in [0.29, 0.717) is 27.4 Å². The monoisotopic (exact) mass is 486 g/mol. The van der Waals surface area contributed by atoms with Crippen LogP contribution in [0.1, 0.15) is 31.4 Å². The summed E-state index contributed by atoms with van der Waals surface area (Å²) in [6.45, 7) is 4.55. The zero-order valence-corrected chi connectivity index (χ0v) is 20.0. The van der Waals surface area contributed by atoms with Crippen LogP contribution in [0.3, 0.4) is 0 Å². The average molecular weight is 488 g/mol. The Morgan fingerprint density at radius 1 is 1.07 bits per heavy atom. The van der Waals surface area contributed by atoms with Gasteiger partial charge in [0.15, 0.2) is 0 Å². The van der Waals surface area contributed by atoms with Crippen LogP contribution in [0.25, 0.3) is 0 Å². The van der Waals surface area contributed by atoms with E-state index in [1.165, 1.54) is 11.8 Å². The first kappa shape index (κ1) is 24.9. The van der Waals surface area contributed by atoms with E-state index in [9.17, 15) is 9.59 Å². The molecule has 4 nitrogen and oxygen atoms in total. The number of thioether (sulfide) groups is 1. The number of nitrogens with one attached hydrogen (secondary N) is 1. The zero-order chi connectivity index (χ0) is 22.1. The second-order valence-corrected chi connectivity index (χ2v) is 9.03. The van der Waals surface area contributed by atoms with Crippen molar-refractivity contribution in [1.29, 1.82) is 0 Å². The van der Waals surface area contributed by atoms with Gasteiger partial charge in [-0.05, 0) is 42.7 Å². The largest absolute Gasteiger partial charge is 0.354 e. The molecule has 0 heterocycles. The van der Waals surface area contributed by atoms with Crippen LogP contribution >= 0.6 is 46.6 Å². The van der Waals surface area contributed by atoms with Gasteiger partial charge in [-0.3, -0.25) is 9.59 Å². The molecule has 0 bridgehead atoms. The summed E-state index contributed by atoms with van der Waals surface area (Å²) in [7, 11) is 0. The van der Waals surface area contributed by atoms with Gasteiger partial charge in [-0.25, -0.2) is 0 Å². The average Bonchev–Trinajstić information content (AvgIpc) is 2.73. The molecule has 0 aliphatic rings. The maximum Gasteiger partial charge on any atom is 0.242 e. The molecular formula is C22H25Cl3N2O2S. The van der Waals surface area contributed by atoms with Crippen molar-refractivity contribution in [1.82, 2.24) is 10.2 Å². The Kier molecular flexibility index (Phi) is 10.3. The summed E-state index contributed by atoms with van der Waals surface area (Å²) in [6, 6.07) is 12.2. The second-order valence-electron chi connectivity index (χ2n) is 6.82. The van der Waals surface area contributed by atoms with Crippen molar-refractivity contribution >= 4 is 58.4 Å². The van der Waals surface area contributed by atoms with Gasteiger partial charge < -0.3 is 10.2 Å². The highest BCUT2D eigenvalue weighted by atomic mass is 35.5. The number of carbonyl (C=O) groups is 2. The normalized spacial score (nSPS) is 11.8. The molecular weight excluding hydrogens is 463 g/mol. The summed E-state index contributed by atoms with van der Waals surface area (Å²) in [6.07, 6.45) is 0.826. The Morgan fingerprint density at radius 2 is 1.80 bits per heavy atom. The fourth-order valence-electron chi connectivity index (χ4n) is 2.76. The van der Waals surface area contributed by atoms with Crippen LogP contribution in [0.15, 0.2) is 42.5 Å². The van der Waals surface area contributed by atoms with Gasteiger partial charge in [0, 0.05) is 23.9 Å². The van der Waals surface area contributed by atoms with Gasteiger partial charge in [0.1, 0.15) is 6.04 Å². The lowest BCUT2D eigenvalue weighted by atomic mass is 10.1. The molecule has 0 aromatic heterocycles. The van der Waals surface area contributed by atoms with Crippen LogP contribution in [-0.4, -0.2) is 35.1 Å². The van der Waals surface area contributed by atoms with Crippen LogP contribution < -0.4 is 5.32 Å². The number of hydrogen-bond donors (Lipinski definition) is 1. The first-order valence-corrected chi connectivity index (χ1v) is 11.9. The van der Waals surface area contributed by atoms with Crippen molar-refractivity contribution in [2.45, 2.75) is 38.6 Å². The SMILES string of the molecule is CCCNC(=O)[C@@H](C)N(Cc1ccc(Cl)c(Cl)c1)C(=O)CSCc1ccccc1Cl. The van der Waals surface area contributed by atoms with Gasteiger partial charge in [-0.1, -0.05) is 66.0 Å². The molecule has 1 N–H and O–H groups in total. The Bertz CT molecular complexity index is 879. The molecule has 2 rings (SSSR count). The van der Waals surface area contributed by atoms with E-state index in [-0.39, 0.29) is 24.1 Å². The molecule has 1 atom stereocenters. The van der Waals surface area contributed by atoms with Gasteiger partial charge in [-0.2, -0.15) is 0 Å². The molecule has 0 fully saturated rings. The molecule has 2 amide bonds. The van der Waals surface area contributed by atoms with Gasteiger partial charge in [0.25, 0.3) is 0 Å². The van der Waals surface area contributed by atoms with Gasteiger partial charge in [0.05, 0.1) is 15.8 Å². The number of benzene rings is 2. The lowest BCUT2D eigenvalue weighted by Gasteiger charge is -2.29. The standard InChI is InChI=1S/C22H25Cl3N2O2S/c1-3-10-26-22(29)15(2)27(12-16-8-9-19(24)20(25)11-16)21(28)14-30-13-17-6-4-5-7-18(17)23/h4-9,11,15H,3,10,12-14H2,1-2H3,(H,26,29)/t15-/m1/s1. The number of amides is 2. The first-order valence-electron chi connectivity index (χ1n) is 9.65. The van der Waals surface area contributed by atoms with Crippen molar-refractivity contribution in [2.75, 3.05) is 12.3 Å². The third kappa shape index (κ3) is 7.38. The number of nitrogens with zero attached hydrogens (tertiary/aromatic N) is 1. The summed E-state index contributed by atoms with van der Waals surface area (Å²) >= 11 is 19.8. The fraction of sp³-hybridized carbons (Fsp3) is 0.364. The molecule has 0 spiro atoms. The summed E-state index contributed by atoms with van der Waals surface area (Å²) in [5, 5.41) is 4.40. The van der Waals surface area contributed by atoms with E-state index in [4.69, 9.17) is 34.8 Å². The van der Waals surface area contributed by atoms with E-state index in [0.717, 1.165) is 17.5 Å². The highest BCUT2D eigenvalue weighted by molar-refractivity contribution is 7.99. The maximum absolute atomic E-state index is 13.0. The molecule has 8 heteroatoms. The molecule has 2 aromatic rings. The molecule has 30 heavy (non-hydrogen) atoms. The van der Waals surface area contributed by atoms with Gasteiger partial charge >= 0.3 is 0 Å². The summed E-state index contributed by atoms with van der Waals surface area (Å²) in [4.78, 5) is 27.1. The van der Waals surface area contributed by atoms with Crippen LogP contribution in [0.5, 0.6) is 0 Å². The predicted molar refractivity (Wildman–Crippen MR) is 127 cm³/mol. The molecule has 0 saturated heterocycles. The fourth-order valence-corrected chi connectivity index (χ4v) is 4.28.